The van der Waals surface area contributed by atoms with Crippen molar-refractivity contribution >= 4 is 28.3 Å². The summed E-state index contributed by atoms with van der Waals surface area (Å²) in [6.45, 7) is 1.53. The quantitative estimate of drug-likeness (QED) is 0.664. The number of hydrogen-bond acceptors (Lipinski definition) is 2. The third kappa shape index (κ3) is 3.71. The summed E-state index contributed by atoms with van der Waals surface area (Å²) in [6.07, 6.45) is 4.14. The fraction of sp³-hybridized carbons (Fsp3) is 0.200. The topological polar surface area (TPSA) is 62.0 Å². The molecule has 0 aliphatic rings. The number of rotatable bonds is 6. The van der Waals surface area contributed by atoms with E-state index >= 15 is 0 Å². The molecule has 1 aromatic heterocycles. The summed E-state index contributed by atoms with van der Waals surface area (Å²) in [4.78, 5) is 26.5. The molecule has 0 unspecified atom stereocenters. The summed E-state index contributed by atoms with van der Waals surface area (Å²) in [5.41, 5.74) is 3.73. The summed E-state index contributed by atoms with van der Waals surface area (Å²) >= 11 is 0. The summed E-state index contributed by atoms with van der Waals surface area (Å²) in [7, 11) is 0. The standard InChI is InChI=1S/C20H20N2O2/c1-14(23)15-9-11-17(12-10-15)22-20(24)8-4-5-16-13-21-19-7-3-2-6-18(16)19/h2-3,6-7,9-13,21H,4-5,8H2,1H3,(H,22,24). The van der Waals surface area contributed by atoms with Crippen molar-refractivity contribution in [2.45, 2.75) is 26.2 Å². The first-order valence-electron chi connectivity index (χ1n) is 8.09. The molecule has 24 heavy (non-hydrogen) atoms. The lowest BCUT2D eigenvalue weighted by Crippen LogP contribution is -2.11. The van der Waals surface area contributed by atoms with Gasteiger partial charge in [-0.05, 0) is 55.7 Å². The molecule has 3 rings (SSSR count). The maximum atomic E-state index is 12.0. The van der Waals surface area contributed by atoms with E-state index in [1.165, 1.54) is 17.9 Å². The van der Waals surface area contributed by atoms with Gasteiger partial charge >= 0.3 is 0 Å². The zero-order valence-corrected chi connectivity index (χ0v) is 13.6. The second-order valence-corrected chi connectivity index (χ2v) is 5.89. The van der Waals surface area contributed by atoms with Gasteiger partial charge in [-0.15, -0.1) is 0 Å². The molecule has 1 amide bonds. The number of fused-ring (bicyclic) bond motifs is 1. The highest BCUT2D eigenvalue weighted by atomic mass is 16.1. The zero-order chi connectivity index (χ0) is 16.9. The molecule has 1 heterocycles. The molecule has 0 saturated heterocycles. The molecular formula is C20H20N2O2. The van der Waals surface area contributed by atoms with Crippen LogP contribution in [-0.2, 0) is 11.2 Å². The highest BCUT2D eigenvalue weighted by molar-refractivity contribution is 5.95. The molecule has 4 heteroatoms. The van der Waals surface area contributed by atoms with Gasteiger partial charge < -0.3 is 10.3 Å². The molecule has 0 aliphatic heterocycles. The van der Waals surface area contributed by atoms with Crippen molar-refractivity contribution in [2.24, 2.45) is 0 Å². The van der Waals surface area contributed by atoms with Gasteiger partial charge in [-0.3, -0.25) is 9.59 Å². The Bertz CT molecular complexity index is 863. The van der Waals surface area contributed by atoms with Crippen molar-refractivity contribution in [3.8, 4) is 0 Å². The first-order valence-corrected chi connectivity index (χ1v) is 8.09. The van der Waals surface area contributed by atoms with Crippen LogP contribution in [0.2, 0.25) is 0 Å². The number of amides is 1. The Kier molecular flexibility index (Phi) is 4.75. The van der Waals surface area contributed by atoms with Crippen LogP contribution in [-0.4, -0.2) is 16.7 Å². The Labute approximate surface area is 140 Å². The van der Waals surface area contributed by atoms with Crippen LogP contribution in [0.25, 0.3) is 10.9 Å². The van der Waals surface area contributed by atoms with Crippen LogP contribution in [0.5, 0.6) is 0 Å². The minimum absolute atomic E-state index is 0.00887. The van der Waals surface area contributed by atoms with Crippen LogP contribution in [0.4, 0.5) is 5.69 Å². The average molecular weight is 320 g/mol. The van der Waals surface area contributed by atoms with E-state index in [9.17, 15) is 9.59 Å². The number of hydrogen-bond donors (Lipinski definition) is 2. The molecule has 3 aromatic rings. The van der Waals surface area contributed by atoms with E-state index in [4.69, 9.17) is 0 Å². The maximum Gasteiger partial charge on any atom is 0.224 e. The van der Waals surface area contributed by atoms with Crippen LogP contribution < -0.4 is 5.32 Å². The lowest BCUT2D eigenvalue weighted by molar-refractivity contribution is -0.116. The van der Waals surface area contributed by atoms with Gasteiger partial charge in [0.2, 0.25) is 5.91 Å². The maximum absolute atomic E-state index is 12.0. The Balaban J connectivity index is 1.51. The fourth-order valence-electron chi connectivity index (χ4n) is 2.79. The Morgan fingerprint density at radius 2 is 1.79 bits per heavy atom. The molecule has 2 N–H and O–H groups in total. The van der Waals surface area contributed by atoms with Gasteiger partial charge in [-0.25, -0.2) is 0 Å². The molecule has 2 aromatic carbocycles. The summed E-state index contributed by atoms with van der Waals surface area (Å²) in [5, 5.41) is 4.09. The second kappa shape index (κ2) is 7.13. The van der Waals surface area contributed by atoms with Crippen molar-refractivity contribution in [1.29, 1.82) is 0 Å². The number of nitrogens with one attached hydrogen (secondary N) is 2. The molecule has 4 nitrogen and oxygen atoms in total. The van der Waals surface area contributed by atoms with Crippen LogP contribution >= 0.6 is 0 Å². The SMILES string of the molecule is CC(=O)c1ccc(NC(=O)CCCc2c[nH]c3ccccc23)cc1. The fourth-order valence-corrected chi connectivity index (χ4v) is 2.79. The van der Waals surface area contributed by atoms with E-state index in [1.54, 1.807) is 24.3 Å². The predicted molar refractivity (Wildman–Crippen MR) is 96.3 cm³/mol. The van der Waals surface area contributed by atoms with E-state index in [2.05, 4.69) is 22.4 Å². The highest BCUT2D eigenvalue weighted by Gasteiger charge is 2.06. The van der Waals surface area contributed by atoms with Crippen molar-refractivity contribution in [1.82, 2.24) is 4.98 Å². The number of anilines is 1. The number of carbonyl (C=O) groups excluding carboxylic acids is 2. The Hall–Kier alpha value is -2.88. The number of aromatic amines is 1. The molecule has 0 atom stereocenters. The molecule has 0 saturated carbocycles. The third-order valence-corrected chi connectivity index (χ3v) is 4.10. The van der Waals surface area contributed by atoms with E-state index in [1.807, 2.05) is 18.3 Å². The zero-order valence-electron chi connectivity index (χ0n) is 13.6. The van der Waals surface area contributed by atoms with Gasteiger partial charge in [0, 0.05) is 34.8 Å². The van der Waals surface area contributed by atoms with E-state index < -0.39 is 0 Å². The number of H-pyrrole nitrogens is 1. The Morgan fingerprint density at radius 1 is 1.04 bits per heavy atom. The van der Waals surface area contributed by atoms with Crippen LogP contribution in [0, 0.1) is 0 Å². The largest absolute Gasteiger partial charge is 0.361 e. The number of aryl methyl sites for hydroxylation is 1. The molecule has 122 valence electrons. The summed E-state index contributed by atoms with van der Waals surface area (Å²) < 4.78 is 0. The minimum Gasteiger partial charge on any atom is -0.361 e. The average Bonchev–Trinajstić information content (AvgIpc) is 2.99. The lowest BCUT2D eigenvalue weighted by atomic mass is 10.1. The molecule has 0 aliphatic carbocycles. The molecule has 0 fully saturated rings. The number of carbonyl (C=O) groups is 2. The predicted octanol–water partition coefficient (Wildman–Crippen LogP) is 4.33. The highest BCUT2D eigenvalue weighted by Crippen LogP contribution is 2.19. The molecule has 0 radical (unpaired) electrons. The summed E-state index contributed by atoms with van der Waals surface area (Å²) in [5.74, 6) is 0.0111. The van der Waals surface area contributed by atoms with Gasteiger partial charge in [-0.1, -0.05) is 18.2 Å². The Morgan fingerprint density at radius 3 is 2.54 bits per heavy atom. The molecule has 0 spiro atoms. The number of benzene rings is 2. The van der Waals surface area contributed by atoms with Crippen molar-refractivity contribution < 1.29 is 9.59 Å². The summed E-state index contributed by atoms with van der Waals surface area (Å²) in [6, 6.07) is 15.1. The van der Waals surface area contributed by atoms with Gasteiger partial charge in [0.1, 0.15) is 0 Å². The van der Waals surface area contributed by atoms with Crippen molar-refractivity contribution in [3.05, 3.63) is 65.9 Å². The smallest absolute Gasteiger partial charge is 0.224 e. The second-order valence-electron chi connectivity index (χ2n) is 5.89. The van der Waals surface area contributed by atoms with E-state index in [0.29, 0.717) is 12.0 Å². The monoisotopic (exact) mass is 320 g/mol. The van der Waals surface area contributed by atoms with Crippen molar-refractivity contribution in [2.75, 3.05) is 5.32 Å². The van der Waals surface area contributed by atoms with Crippen LogP contribution in [0.3, 0.4) is 0 Å². The van der Waals surface area contributed by atoms with E-state index in [0.717, 1.165) is 24.0 Å². The van der Waals surface area contributed by atoms with Crippen LogP contribution in [0.15, 0.2) is 54.7 Å². The molecule has 0 bridgehead atoms. The number of Topliss-reactive ketones (excluding diaryl/α,β-unsaturated/α-hetero) is 1. The first kappa shape index (κ1) is 16.0. The van der Waals surface area contributed by atoms with Gasteiger partial charge in [-0.2, -0.15) is 0 Å². The third-order valence-electron chi connectivity index (χ3n) is 4.10. The first-order chi connectivity index (χ1) is 11.6. The lowest BCUT2D eigenvalue weighted by Gasteiger charge is -2.06. The molecular weight excluding hydrogens is 300 g/mol. The van der Waals surface area contributed by atoms with Gasteiger partial charge in [0.05, 0.1) is 0 Å². The normalized spacial score (nSPS) is 10.7. The van der Waals surface area contributed by atoms with Crippen LogP contribution in [0.1, 0.15) is 35.7 Å². The minimum atomic E-state index is -0.00887. The number of para-hydroxylation sites is 1. The van der Waals surface area contributed by atoms with Gasteiger partial charge in [0.25, 0.3) is 0 Å². The number of ketones is 1. The van der Waals surface area contributed by atoms with E-state index in [-0.39, 0.29) is 11.7 Å². The van der Waals surface area contributed by atoms with Crippen molar-refractivity contribution in [3.63, 3.8) is 0 Å². The van der Waals surface area contributed by atoms with Gasteiger partial charge in [0.15, 0.2) is 5.78 Å². The number of aromatic nitrogens is 1.